The lowest BCUT2D eigenvalue weighted by atomic mass is 9.91. The Kier molecular flexibility index (Phi) is 7.49. The molecule has 3 heteroatoms. The molecule has 10 aromatic rings. The SMILES string of the molecule is c1ccc(-c2nc(-c3ccccc3)nc(-c3ccc(-c4cc(-c5cccc(-c6ccc7c(c6)-c6cccc8cccc-7c68)c5)cc5ccccc45)cc3)n2)cc1. The van der Waals surface area contributed by atoms with Gasteiger partial charge < -0.3 is 0 Å². The van der Waals surface area contributed by atoms with Crippen molar-refractivity contribution in [3.05, 3.63) is 200 Å². The standard InChI is InChI=1S/C53H33N3/c1-3-12-36(13-4-1)51-54-52(37-14-5-2-6-15-37)56-53(55-51)38-26-24-34(25-27-38)48-33-43(31-42-16-7-8-21-44(42)48)40-20-9-19-39(30-40)41-28-29-45-46-22-10-17-35-18-11-23-47(50(35)46)49(45)32-41/h1-33H. The molecule has 0 bridgehead atoms. The molecule has 3 nitrogen and oxygen atoms in total. The van der Waals surface area contributed by atoms with Gasteiger partial charge in [0.05, 0.1) is 0 Å². The average molecular weight is 712 g/mol. The number of hydrogen-bond acceptors (Lipinski definition) is 3. The van der Waals surface area contributed by atoms with E-state index in [0.717, 1.165) is 22.3 Å². The second-order valence-electron chi connectivity index (χ2n) is 14.4. The van der Waals surface area contributed by atoms with Gasteiger partial charge >= 0.3 is 0 Å². The molecule has 11 rings (SSSR count). The van der Waals surface area contributed by atoms with Gasteiger partial charge in [0, 0.05) is 16.7 Å². The van der Waals surface area contributed by atoms with E-state index in [4.69, 9.17) is 15.0 Å². The highest BCUT2D eigenvalue weighted by atomic mass is 15.0. The van der Waals surface area contributed by atoms with Gasteiger partial charge in [-0.1, -0.05) is 176 Å². The summed E-state index contributed by atoms with van der Waals surface area (Å²) in [6.07, 6.45) is 0. The number of benzene rings is 9. The zero-order chi connectivity index (χ0) is 37.0. The number of hydrogen-bond donors (Lipinski definition) is 0. The predicted octanol–water partition coefficient (Wildman–Crippen LogP) is 13.8. The Bertz CT molecular complexity index is 3050. The van der Waals surface area contributed by atoms with Crippen LogP contribution in [-0.2, 0) is 0 Å². The van der Waals surface area contributed by atoms with Crippen LogP contribution in [0.5, 0.6) is 0 Å². The summed E-state index contributed by atoms with van der Waals surface area (Å²) < 4.78 is 0. The van der Waals surface area contributed by atoms with Crippen molar-refractivity contribution < 1.29 is 0 Å². The van der Waals surface area contributed by atoms with Crippen LogP contribution >= 0.6 is 0 Å². The van der Waals surface area contributed by atoms with Crippen LogP contribution in [0.2, 0.25) is 0 Å². The molecule has 260 valence electrons. The molecule has 0 amide bonds. The van der Waals surface area contributed by atoms with Gasteiger partial charge in [0.25, 0.3) is 0 Å². The summed E-state index contributed by atoms with van der Waals surface area (Å²) in [4.78, 5) is 14.8. The van der Waals surface area contributed by atoms with Gasteiger partial charge in [0.15, 0.2) is 17.5 Å². The Morgan fingerprint density at radius 1 is 0.232 bits per heavy atom. The molecule has 0 aliphatic heterocycles. The summed E-state index contributed by atoms with van der Waals surface area (Å²) in [6.45, 7) is 0. The molecule has 1 aliphatic carbocycles. The molecule has 0 unspecified atom stereocenters. The lowest BCUT2D eigenvalue weighted by molar-refractivity contribution is 1.07. The minimum absolute atomic E-state index is 0.645. The smallest absolute Gasteiger partial charge is 0.164 e. The number of aromatic nitrogens is 3. The van der Waals surface area contributed by atoms with E-state index in [9.17, 15) is 0 Å². The highest BCUT2D eigenvalue weighted by molar-refractivity contribution is 6.15. The van der Waals surface area contributed by atoms with Crippen LogP contribution in [0.4, 0.5) is 0 Å². The van der Waals surface area contributed by atoms with Crippen molar-refractivity contribution in [2.45, 2.75) is 0 Å². The van der Waals surface area contributed by atoms with Crippen molar-refractivity contribution in [2.24, 2.45) is 0 Å². The fraction of sp³-hybridized carbons (Fsp3) is 0. The highest BCUT2D eigenvalue weighted by Crippen LogP contribution is 2.48. The summed E-state index contributed by atoms with van der Waals surface area (Å²) in [6, 6.07) is 71.3. The molecule has 1 aliphatic rings. The normalized spacial score (nSPS) is 11.6. The first kappa shape index (κ1) is 32.0. The second kappa shape index (κ2) is 13.1. The van der Waals surface area contributed by atoms with Crippen LogP contribution in [0.15, 0.2) is 200 Å². The van der Waals surface area contributed by atoms with E-state index in [1.807, 2.05) is 60.7 Å². The Hall–Kier alpha value is -7.49. The number of nitrogens with zero attached hydrogens (tertiary/aromatic N) is 3. The van der Waals surface area contributed by atoms with Crippen LogP contribution in [0.25, 0.3) is 111 Å². The van der Waals surface area contributed by atoms with Crippen molar-refractivity contribution in [3.8, 4) is 89.8 Å². The van der Waals surface area contributed by atoms with Gasteiger partial charge in [0.2, 0.25) is 0 Å². The third-order valence-electron chi connectivity index (χ3n) is 11.0. The van der Waals surface area contributed by atoms with Gasteiger partial charge in [-0.2, -0.15) is 0 Å². The zero-order valence-electron chi connectivity index (χ0n) is 30.4. The predicted molar refractivity (Wildman–Crippen MR) is 232 cm³/mol. The fourth-order valence-corrected chi connectivity index (χ4v) is 8.30. The van der Waals surface area contributed by atoms with Crippen molar-refractivity contribution in [2.75, 3.05) is 0 Å². The maximum atomic E-state index is 4.96. The second-order valence-corrected chi connectivity index (χ2v) is 14.4. The van der Waals surface area contributed by atoms with Gasteiger partial charge in [0.1, 0.15) is 0 Å². The summed E-state index contributed by atoms with van der Waals surface area (Å²) in [7, 11) is 0. The molecule has 0 saturated carbocycles. The van der Waals surface area contributed by atoms with Gasteiger partial charge in [-0.15, -0.1) is 0 Å². The van der Waals surface area contributed by atoms with E-state index in [0.29, 0.717) is 17.5 Å². The Morgan fingerprint density at radius 2 is 0.696 bits per heavy atom. The number of fused-ring (bicyclic) bond motifs is 4. The van der Waals surface area contributed by atoms with E-state index in [-0.39, 0.29) is 0 Å². The maximum absolute atomic E-state index is 4.96. The van der Waals surface area contributed by atoms with Gasteiger partial charge in [-0.05, 0) is 101 Å². The van der Waals surface area contributed by atoms with E-state index in [1.54, 1.807) is 0 Å². The van der Waals surface area contributed by atoms with Gasteiger partial charge in [-0.25, -0.2) is 15.0 Å². The monoisotopic (exact) mass is 711 g/mol. The lowest BCUT2D eigenvalue weighted by Gasteiger charge is -2.13. The quantitative estimate of drug-likeness (QED) is 0.172. The molecule has 0 atom stereocenters. The summed E-state index contributed by atoms with van der Waals surface area (Å²) in [5, 5.41) is 5.07. The third-order valence-corrected chi connectivity index (χ3v) is 11.0. The van der Waals surface area contributed by atoms with Gasteiger partial charge in [-0.3, -0.25) is 0 Å². The third kappa shape index (κ3) is 5.49. The van der Waals surface area contributed by atoms with Crippen molar-refractivity contribution >= 4 is 21.5 Å². The van der Waals surface area contributed by atoms with Crippen LogP contribution in [0, 0.1) is 0 Å². The van der Waals surface area contributed by atoms with E-state index >= 15 is 0 Å². The molecule has 0 fully saturated rings. The van der Waals surface area contributed by atoms with Crippen LogP contribution < -0.4 is 0 Å². The summed E-state index contributed by atoms with van der Waals surface area (Å²) in [5.41, 5.74) is 15.2. The fourth-order valence-electron chi connectivity index (χ4n) is 8.30. The first-order valence-electron chi connectivity index (χ1n) is 19.0. The molecule has 1 aromatic heterocycles. The number of rotatable bonds is 6. The van der Waals surface area contributed by atoms with Crippen molar-refractivity contribution in [3.63, 3.8) is 0 Å². The van der Waals surface area contributed by atoms with Crippen LogP contribution in [0.1, 0.15) is 0 Å². The molecule has 56 heavy (non-hydrogen) atoms. The minimum atomic E-state index is 0.645. The maximum Gasteiger partial charge on any atom is 0.164 e. The highest BCUT2D eigenvalue weighted by Gasteiger charge is 2.21. The Balaban J connectivity index is 0.972. The Morgan fingerprint density at radius 3 is 1.38 bits per heavy atom. The molecule has 0 radical (unpaired) electrons. The molecule has 1 heterocycles. The van der Waals surface area contributed by atoms with Crippen LogP contribution in [-0.4, -0.2) is 15.0 Å². The first-order chi connectivity index (χ1) is 27.7. The summed E-state index contributed by atoms with van der Waals surface area (Å²) in [5.74, 6) is 1.95. The van der Waals surface area contributed by atoms with E-state index in [2.05, 4.69) is 140 Å². The van der Waals surface area contributed by atoms with Crippen molar-refractivity contribution in [1.29, 1.82) is 0 Å². The average Bonchev–Trinajstić information content (AvgIpc) is 3.60. The topological polar surface area (TPSA) is 38.7 Å². The molecular formula is C53H33N3. The van der Waals surface area contributed by atoms with Crippen molar-refractivity contribution in [1.82, 2.24) is 15.0 Å². The largest absolute Gasteiger partial charge is 0.208 e. The van der Waals surface area contributed by atoms with E-state index in [1.165, 1.54) is 71.6 Å². The molecule has 0 saturated heterocycles. The molecular weight excluding hydrogens is 679 g/mol. The summed E-state index contributed by atoms with van der Waals surface area (Å²) >= 11 is 0. The lowest BCUT2D eigenvalue weighted by Crippen LogP contribution is -2.00. The molecule has 0 N–H and O–H groups in total. The first-order valence-corrected chi connectivity index (χ1v) is 19.0. The van der Waals surface area contributed by atoms with E-state index < -0.39 is 0 Å². The minimum Gasteiger partial charge on any atom is -0.208 e. The Labute approximate surface area is 325 Å². The molecule has 0 spiro atoms. The molecule has 9 aromatic carbocycles. The van der Waals surface area contributed by atoms with Crippen LogP contribution in [0.3, 0.4) is 0 Å². The zero-order valence-corrected chi connectivity index (χ0v) is 30.4.